The van der Waals surface area contributed by atoms with Crippen LogP contribution in [0.15, 0.2) is 0 Å². The third-order valence-electron chi connectivity index (χ3n) is 5.64. The Labute approximate surface area is 191 Å². The van der Waals surface area contributed by atoms with Gasteiger partial charge in [0.05, 0.1) is 12.5 Å². The van der Waals surface area contributed by atoms with Crippen LogP contribution in [0.2, 0.25) is 0 Å². The van der Waals surface area contributed by atoms with E-state index < -0.39 is 72.1 Å². The van der Waals surface area contributed by atoms with Crippen molar-refractivity contribution in [2.75, 3.05) is 6.54 Å². The van der Waals surface area contributed by atoms with Crippen LogP contribution in [0.25, 0.3) is 0 Å². The molecule has 186 valence electrons. The number of aliphatic carboxylic acids is 2. The minimum atomic E-state index is -1.66. The number of carboxylic acid groups (broad SMARTS) is 2. The lowest BCUT2D eigenvalue weighted by Gasteiger charge is -2.30. The molecule has 1 aliphatic heterocycles. The van der Waals surface area contributed by atoms with Gasteiger partial charge in [-0.15, -0.1) is 0 Å². The van der Waals surface area contributed by atoms with Crippen LogP contribution in [0.3, 0.4) is 0 Å². The van der Waals surface area contributed by atoms with Crippen molar-refractivity contribution in [2.24, 2.45) is 17.4 Å². The fourth-order valence-electron chi connectivity index (χ4n) is 3.52. The highest BCUT2D eigenvalue weighted by atomic mass is 16.4. The van der Waals surface area contributed by atoms with Crippen LogP contribution in [0.5, 0.6) is 0 Å². The molecule has 13 nitrogen and oxygen atoms in total. The number of likely N-dealkylation sites (tertiary alicyclic amines) is 1. The highest BCUT2D eigenvalue weighted by Gasteiger charge is 2.39. The van der Waals surface area contributed by atoms with E-state index >= 15 is 0 Å². The molecule has 33 heavy (non-hydrogen) atoms. The molecule has 4 amide bonds. The highest BCUT2D eigenvalue weighted by molar-refractivity contribution is 5.95. The van der Waals surface area contributed by atoms with E-state index in [0.717, 1.165) is 0 Å². The number of carboxylic acids is 2. The quantitative estimate of drug-likeness (QED) is 0.177. The fourth-order valence-corrected chi connectivity index (χ4v) is 3.52. The van der Waals surface area contributed by atoms with Crippen LogP contribution in [0.4, 0.5) is 0 Å². The average Bonchev–Trinajstić information content (AvgIpc) is 3.23. The van der Waals surface area contributed by atoms with Crippen molar-refractivity contribution < 1.29 is 39.0 Å². The molecule has 0 saturated carbocycles. The summed E-state index contributed by atoms with van der Waals surface area (Å²) in [5, 5.41) is 22.8. The maximum atomic E-state index is 13.0. The Bertz CT molecular complexity index is 774. The number of hydrogen-bond donors (Lipinski definition) is 6. The van der Waals surface area contributed by atoms with Gasteiger partial charge in [0.15, 0.2) is 0 Å². The largest absolute Gasteiger partial charge is 0.481 e. The topological polar surface area (TPSA) is 222 Å². The average molecular weight is 472 g/mol. The fraction of sp³-hybridized carbons (Fsp3) is 0.700. The molecule has 13 heteroatoms. The summed E-state index contributed by atoms with van der Waals surface area (Å²) in [4.78, 5) is 72.8. The summed E-state index contributed by atoms with van der Waals surface area (Å²) in [5.41, 5.74) is 10.9. The second kappa shape index (κ2) is 12.7. The van der Waals surface area contributed by atoms with Gasteiger partial charge in [0.1, 0.15) is 18.1 Å². The van der Waals surface area contributed by atoms with Gasteiger partial charge in [-0.05, 0) is 25.2 Å². The molecule has 0 radical (unpaired) electrons. The monoisotopic (exact) mass is 471 g/mol. The summed E-state index contributed by atoms with van der Waals surface area (Å²) in [5.74, 6) is -5.87. The van der Waals surface area contributed by atoms with Crippen LogP contribution in [-0.4, -0.2) is 81.4 Å². The minimum Gasteiger partial charge on any atom is -0.481 e. The van der Waals surface area contributed by atoms with Gasteiger partial charge in [0.2, 0.25) is 23.6 Å². The van der Waals surface area contributed by atoms with Gasteiger partial charge in [0, 0.05) is 13.0 Å². The molecule has 0 aromatic rings. The lowest BCUT2D eigenvalue weighted by Crippen LogP contribution is -2.58. The molecule has 0 aliphatic carbocycles. The zero-order valence-corrected chi connectivity index (χ0v) is 18.8. The van der Waals surface area contributed by atoms with Crippen molar-refractivity contribution in [1.29, 1.82) is 0 Å². The molecular formula is C20H33N5O8. The van der Waals surface area contributed by atoms with Gasteiger partial charge in [-0.2, -0.15) is 0 Å². The molecule has 1 saturated heterocycles. The Morgan fingerprint density at radius 2 is 1.76 bits per heavy atom. The smallest absolute Gasteiger partial charge is 0.326 e. The molecule has 1 aliphatic rings. The van der Waals surface area contributed by atoms with Crippen molar-refractivity contribution in [3.05, 3.63) is 0 Å². The Morgan fingerprint density at radius 1 is 1.12 bits per heavy atom. The normalized spacial score (nSPS) is 19.1. The summed E-state index contributed by atoms with van der Waals surface area (Å²) < 4.78 is 0. The third-order valence-corrected chi connectivity index (χ3v) is 5.64. The molecule has 5 unspecified atom stereocenters. The molecule has 5 atom stereocenters. The molecule has 0 bridgehead atoms. The van der Waals surface area contributed by atoms with Crippen LogP contribution >= 0.6 is 0 Å². The van der Waals surface area contributed by atoms with Gasteiger partial charge in [-0.25, -0.2) is 4.79 Å². The zero-order valence-electron chi connectivity index (χ0n) is 18.8. The van der Waals surface area contributed by atoms with Gasteiger partial charge in [-0.1, -0.05) is 20.3 Å². The first-order chi connectivity index (χ1) is 15.4. The zero-order chi connectivity index (χ0) is 25.3. The minimum absolute atomic E-state index is 0.0387. The second-order valence-electron chi connectivity index (χ2n) is 8.17. The first kappa shape index (κ1) is 27.8. The van der Waals surface area contributed by atoms with Gasteiger partial charge >= 0.3 is 11.9 Å². The number of rotatable bonds is 13. The Kier molecular flexibility index (Phi) is 10.7. The summed E-state index contributed by atoms with van der Waals surface area (Å²) in [6, 6.07) is -4.69. The first-order valence-corrected chi connectivity index (χ1v) is 10.8. The van der Waals surface area contributed by atoms with Gasteiger partial charge in [-0.3, -0.25) is 24.0 Å². The van der Waals surface area contributed by atoms with E-state index in [1.807, 2.05) is 0 Å². The van der Waals surface area contributed by atoms with E-state index in [9.17, 15) is 33.9 Å². The Balaban J connectivity index is 2.93. The predicted molar refractivity (Wildman–Crippen MR) is 114 cm³/mol. The van der Waals surface area contributed by atoms with Crippen molar-refractivity contribution in [3.8, 4) is 0 Å². The second-order valence-corrected chi connectivity index (χ2v) is 8.17. The number of nitrogens with zero attached hydrogens (tertiary/aromatic N) is 1. The summed E-state index contributed by atoms with van der Waals surface area (Å²) in [6.45, 7) is 3.72. The molecule has 0 aromatic carbocycles. The van der Waals surface area contributed by atoms with Crippen molar-refractivity contribution in [3.63, 3.8) is 0 Å². The number of hydrogen-bond acceptors (Lipinski definition) is 7. The molecule has 8 N–H and O–H groups in total. The van der Waals surface area contributed by atoms with Crippen LogP contribution in [0, 0.1) is 5.92 Å². The number of amides is 4. The molecule has 0 aromatic heterocycles. The molecule has 1 fully saturated rings. The molecule has 0 spiro atoms. The number of carbonyl (C=O) groups is 6. The lowest BCUT2D eigenvalue weighted by molar-refractivity contribution is -0.147. The Morgan fingerprint density at radius 3 is 2.27 bits per heavy atom. The maximum absolute atomic E-state index is 13.0. The number of primary amides is 1. The van der Waals surface area contributed by atoms with E-state index in [2.05, 4.69) is 10.6 Å². The highest BCUT2D eigenvalue weighted by Crippen LogP contribution is 2.20. The summed E-state index contributed by atoms with van der Waals surface area (Å²) >= 11 is 0. The van der Waals surface area contributed by atoms with E-state index in [0.29, 0.717) is 19.3 Å². The number of nitrogens with one attached hydrogen (secondary N) is 2. The predicted octanol–water partition coefficient (Wildman–Crippen LogP) is -1.85. The molecule has 1 rings (SSSR count). The van der Waals surface area contributed by atoms with Crippen molar-refractivity contribution >= 4 is 35.6 Å². The van der Waals surface area contributed by atoms with Crippen molar-refractivity contribution in [1.82, 2.24) is 15.5 Å². The molecule has 1 heterocycles. The van der Waals surface area contributed by atoms with E-state index in [-0.39, 0.29) is 19.4 Å². The first-order valence-electron chi connectivity index (χ1n) is 10.8. The van der Waals surface area contributed by atoms with E-state index in [1.165, 1.54) is 4.90 Å². The van der Waals surface area contributed by atoms with Crippen LogP contribution in [0.1, 0.15) is 52.4 Å². The van der Waals surface area contributed by atoms with Crippen LogP contribution in [-0.2, 0) is 28.8 Å². The number of nitrogens with two attached hydrogens (primary N) is 2. The standard InChI is InChI=1S/C20H33N5O8/c1-3-10(2)16(18(30)23-12(20(32)33)9-15(27)28)24-17(29)13-5-4-8-25(13)19(31)11(21)6-7-14(22)26/h10-13,16H,3-9,21H2,1-2H3,(H2,22,26)(H,23,30)(H,24,29)(H,27,28)(H,32,33). The van der Waals surface area contributed by atoms with Gasteiger partial charge < -0.3 is 37.2 Å². The number of carbonyl (C=O) groups excluding carboxylic acids is 4. The third kappa shape index (κ3) is 8.33. The Hall–Kier alpha value is -3.22. The summed E-state index contributed by atoms with van der Waals surface area (Å²) in [6.07, 6.45) is 0.473. The van der Waals surface area contributed by atoms with Crippen LogP contribution < -0.4 is 22.1 Å². The SMILES string of the molecule is CCC(C)C(NC(=O)C1CCCN1C(=O)C(N)CCC(N)=O)C(=O)NC(CC(=O)O)C(=O)O. The summed E-state index contributed by atoms with van der Waals surface area (Å²) in [7, 11) is 0. The van der Waals surface area contributed by atoms with Crippen molar-refractivity contribution in [2.45, 2.75) is 76.5 Å². The molecular weight excluding hydrogens is 438 g/mol. The van der Waals surface area contributed by atoms with Gasteiger partial charge in [0.25, 0.3) is 0 Å². The van der Waals surface area contributed by atoms with E-state index in [1.54, 1.807) is 13.8 Å². The lowest BCUT2D eigenvalue weighted by atomic mass is 9.97. The van der Waals surface area contributed by atoms with E-state index in [4.69, 9.17) is 16.6 Å². The maximum Gasteiger partial charge on any atom is 0.326 e.